The standard InChI is InChI=1S/C10H8F2N4/c11-6-2-1-3-7(12)10(6)14-9-5-4-8(13)15-16-9/h1-5H,(H2,13,15)(H,14,16). The van der Waals surface area contributed by atoms with Gasteiger partial charge in [-0.05, 0) is 24.3 Å². The van der Waals surface area contributed by atoms with E-state index >= 15 is 0 Å². The molecule has 0 saturated heterocycles. The fourth-order valence-electron chi connectivity index (χ4n) is 1.15. The number of benzene rings is 1. The van der Waals surface area contributed by atoms with Gasteiger partial charge in [0.25, 0.3) is 0 Å². The SMILES string of the molecule is Nc1ccc(Nc2c(F)cccc2F)nn1. The monoisotopic (exact) mass is 222 g/mol. The highest BCUT2D eigenvalue weighted by atomic mass is 19.1. The van der Waals surface area contributed by atoms with Crippen LogP contribution in [0.3, 0.4) is 0 Å². The van der Waals surface area contributed by atoms with Gasteiger partial charge in [0, 0.05) is 0 Å². The summed E-state index contributed by atoms with van der Waals surface area (Å²) in [7, 11) is 0. The lowest BCUT2D eigenvalue weighted by atomic mass is 10.3. The molecular weight excluding hydrogens is 214 g/mol. The maximum absolute atomic E-state index is 13.2. The maximum atomic E-state index is 13.2. The molecule has 0 atom stereocenters. The second-order valence-electron chi connectivity index (χ2n) is 3.07. The first-order valence-corrected chi connectivity index (χ1v) is 4.47. The molecular formula is C10H8F2N4. The first kappa shape index (κ1) is 10.3. The number of hydrogen-bond acceptors (Lipinski definition) is 4. The molecule has 4 nitrogen and oxygen atoms in total. The quantitative estimate of drug-likeness (QED) is 0.816. The number of hydrogen-bond donors (Lipinski definition) is 2. The van der Waals surface area contributed by atoms with Crippen molar-refractivity contribution < 1.29 is 8.78 Å². The van der Waals surface area contributed by atoms with Crippen molar-refractivity contribution in [1.82, 2.24) is 10.2 Å². The Morgan fingerprint density at radius 1 is 1.00 bits per heavy atom. The zero-order valence-electron chi connectivity index (χ0n) is 8.11. The van der Waals surface area contributed by atoms with Gasteiger partial charge in [-0.2, -0.15) is 0 Å². The molecule has 0 unspecified atom stereocenters. The highest BCUT2D eigenvalue weighted by molar-refractivity contribution is 5.57. The summed E-state index contributed by atoms with van der Waals surface area (Å²) in [4.78, 5) is 0. The van der Waals surface area contributed by atoms with Crippen LogP contribution in [0.25, 0.3) is 0 Å². The summed E-state index contributed by atoms with van der Waals surface area (Å²) in [6.45, 7) is 0. The van der Waals surface area contributed by atoms with Crippen LogP contribution >= 0.6 is 0 Å². The fourth-order valence-corrected chi connectivity index (χ4v) is 1.15. The van der Waals surface area contributed by atoms with Gasteiger partial charge in [0.05, 0.1) is 0 Å². The van der Waals surface area contributed by atoms with Crippen LogP contribution in [0.2, 0.25) is 0 Å². The lowest BCUT2D eigenvalue weighted by Crippen LogP contribution is -2.01. The molecule has 6 heteroatoms. The van der Waals surface area contributed by atoms with Gasteiger partial charge < -0.3 is 11.1 Å². The number of nitrogens with one attached hydrogen (secondary N) is 1. The lowest BCUT2D eigenvalue weighted by molar-refractivity contribution is 0.590. The van der Waals surface area contributed by atoms with Gasteiger partial charge in [-0.15, -0.1) is 10.2 Å². The number of halogens is 2. The van der Waals surface area contributed by atoms with Gasteiger partial charge >= 0.3 is 0 Å². The number of nitrogens with zero attached hydrogens (tertiary/aromatic N) is 2. The van der Waals surface area contributed by atoms with Gasteiger partial charge in [0.2, 0.25) is 0 Å². The number of aromatic nitrogens is 2. The van der Waals surface area contributed by atoms with Crippen LogP contribution in [0.15, 0.2) is 30.3 Å². The average Bonchev–Trinajstić information content (AvgIpc) is 2.26. The van der Waals surface area contributed by atoms with Crippen molar-refractivity contribution in [2.45, 2.75) is 0 Å². The molecule has 0 fully saturated rings. The van der Waals surface area contributed by atoms with Crippen LogP contribution in [0.4, 0.5) is 26.1 Å². The summed E-state index contributed by atoms with van der Waals surface area (Å²) in [6.07, 6.45) is 0. The fraction of sp³-hybridized carbons (Fsp3) is 0. The minimum absolute atomic E-state index is 0.221. The van der Waals surface area contributed by atoms with E-state index in [-0.39, 0.29) is 17.3 Å². The Bertz CT molecular complexity index is 478. The Morgan fingerprint density at radius 2 is 1.69 bits per heavy atom. The molecule has 0 aliphatic rings. The third-order valence-electron chi connectivity index (χ3n) is 1.90. The first-order valence-electron chi connectivity index (χ1n) is 4.47. The summed E-state index contributed by atoms with van der Waals surface area (Å²) in [5.41, 5.74) is 5.07. The van der Waals surface area contributed by atoms with E-state index < -0.39 is 11.6 Å². The zero-order chi connectivity index (χ0) is 11.5. The Morgan fingerprint density at radius 3 is 2.25 bits per heavy atom. The van der Waals surface area contributed by atoms with Crippen molar-refractivity contribution in [2.75, 3.05) is 11.1 Å². The number of rotatable bonds is 2. The molecule has 0 bridgehead atoms. The van der Waals surface area contributed by atoms with E-state index in [1.807, 2.05) is 0 Å². The number of para-hydroxylation sites is 1. The topological polar surface area (TPSA) is 63.8 Å². The van der Waals surface area contributed by atoms with Crippen molar-refractivity contribution in [3.05, 3.63) is 42.0 Å². The van der Waals surface area contributed by atoms with Gasteiger partial charge in [0.15, 0.2) is 5.82 Å². The normalized spacial score (nSPS) is 10.1. The smallest absolute Gasteiger partial charge is 0.153 e. The third kappa shape index (κ3) is 2.05. The summed E-state index contributed by atoms with van der Waals surface area (Å²) >= 11 is 0. The maximum Gasteiger partial charge on any atom is 0.153 e. The van der Waals surface area contributed by atoms with E-state index in [1.54, 1.807) is 0 Å². The Balaban J connectivity index is 2.30. The van der Waals surface area contributed by atoms with E-state index in [1.165, 1.54) is 18.2 Å². The van der Waals surface area contributed by atoms with Crippen molar-refractivity contribution in [3.8, 4) is 0 Å². The minimum Gasteiger partial charge on any atom is -0.382 e. The van der Waals surface area contributed by atoms with Crippen LogP contribution in [0.1, 0.15) is 0 Å². The highest BCUT2D eigenvalue weighted by Crippen LogP contribution is 2.21. The van der Waals surface area contributed by atoms with E-state index in [4.69, 9.17) is 5.73 Å². The lowest BCUT2D eigenvalue weighted by Gasteiger charge is -2.06. The second-order valence-corrected chi connectivity index (χ2v) is 3.07. The molecule has 2 aromatic rings. The Labute approximate surface area is 90.1 Å². The first-order chi connectivity index (χ1) is 7.66. The summed E-state index contributed by atoms with van der Waals surface area (Å²) < 4.78 is 26.5. The highest BCUT2D eigenvalue weighted by Gasteiger charge is 2.08. The number of anilines is 3. The molecule has 0 radical (unpaired) electrons. The molecule has 1 aromatic heterocycles. The van der Waals surface area contributed by atoms with Crippen molar-refractivity contribution >= 4 is 17.3 Å². The predicted molar refractivity (Wildman–Crippen MR) is 56.1 cm³/mol. The number of nitrogen functional groups attached to an aromatic ring is 1. The van der Waals surface area contributed by atoms with E-state index in [9.17, 15) is 8.78 Å². The largest absolute Gasteiger partial charge is 0.382 e. The second kappa shape index (κ2) is 4.09. The van der Waals surface area contributed by atoms with E-state index in [2.05, 4.69) is 15.5 Å². The third-order valence-corrected chi connectivity index (χ3v) is 1.90. The van der Waals surface area contributed by atoms with Gasteiger partial charge in [-0.3, -0.25) is 0 Å². The molecule has 16 heavy (non-hydrogen) atoms. The Kier molecular flexibility index (Phi) is 2.63. The molecule has 82 valence electrons. The zero-order valence-corrected chi connectivity index (χ0v) is 8.11. The summed E-state index contributed by atoms with van der Waals surface area (Å²) in [6, 6.07) is 6.54. The summed E-state index contributed by atoms with van der Waals surface area (Å²) in [5.74, 6) is -0.935. The molecule has 3 N–H and O–H groups in total. The predicted octanol–water partition coefficient (Wildman–Crippen LogP) is 2.08. The van der Waals surface area contributed by atoms with Crippen molar-refractivity contribution in [3.63, 3.8) is 0 Å². The molecule has 1 aromatic carbocycles. The molecule has 0 spiro atoms. The van der Waals surface area contributed by atoms with Gasteiger partial charge in [-0.25, -0.2) is 8.78 Å². The number of nitrogens with two attached hydrogens (primary N) is 1. The molecule has 1 heterocycles. The average molecular weight is 222 g/mol. The van der Waals surface area contributed by atoms with Crippen LogP contribution in [-0.4, -0.2) is 10.2 Å². The molecule has 0 aliphatic carbocycles. The molecule has 0 amide bonds. The van der Waals surface area contributed by atoms with Crippen LogP contribution in [0, 0.1) is 11.6 Å². The van der Waals surface area contributed by atoms with Crippen molar-refractivity contribution in [1.29, 1.82) is 0 Å². The van der Waals surface area contributed by atoms with Crippen LogP contribution < -0.4 is 11.1 Å². The van der Waals surface area contributed by atoms with Crippen LogP contribution in [-0.2, 0) is 0 Å². The molecule has 0 saturated carbocycles. The van der Waals surface area contributed by atoms with E-state index in [0.29, 0.717) is 0 Å². The minimum atomic E-state index is -0.696. The van der Waals surface area contributed by atoms with E-state index in [0.717, 1.165) is 12.1 Å². The summed E-state index contributed by atoms with van der Waals surface area (Å²) in [5, 5.41) is 9.68. The van der Waals surface area contributed by atoms with Crippen LogP contribution in [0.5, 0.6) is 0 Å². The van der Waals surface area contributed by atoms with Gasteiger partial charge in [0.1, 0.15) is 23.1 Å². The van der Waals surface area contributed by atoms with Crippen molar-refractivity contribution in [2.24, 2.45) is 0 Å². The van der Waals surface area contributed by atoms with Gasteiger partial charge in [-0.1, -0.05) is 6.07 Å². The Hall–Kier alpha value is -2.24. The molecule has 0 aliphatic heterocycles. The molecule has 2 rings (SSSR count).